The summed E-state index contributed by atoms with van der Waals surface area (Å²) >= 11 is 7.38. The van der Waals surface area contributed by atoms with Crippen molar-refractivity contribution >= 4 is 45.6 Å². The van der Waals surface area contributed by atoms with Gasteiger partial charge in [0.05, 0.1) is 27.5 Å². The topological polar surface area (TPSA) is 70.7 Å². The fourth-order valence-corrected chi connectivity index (χ4v) is 3.61. The Morgan fingerprint density at radius 2 is 1.96 bits per heavy atom. The molecule has 0 aliphatic carbocycles. The smallest absolute Gasteiger partial charge is 0.256 e. The summed E-state index contributed by atoms with van der Waals surface area (Å²) in [7, 11) is 0. The van der Waals surface area contributed by atoms with Gasteiger partial charge < -0.3 is 10.3 Å². The number of hydrogen-bond donors (Lipinski definition) is 2. The molecule has 3 aromatic heterocycles. The van der Waals surface area contributed by atoms with Crippen LogP contribution in [0.15, 0.2) is 64.8 Å². The molecule has 2 N–H and O–H groups in total. The van der Waals surface area contributed by atoms with Crippen molar-refractivity contribution in [1.29, 1.82) is 0 Å². The summed E-state index contributed by atoms with van der Waals surface area (Å²) in [4.78, 5) is 23.8. The molecule has 0 aliphatic heterocycles. The Bertz CT molecular complexity index is 1240. The third-order valence-electron chi connectivity index (χ3n) is 4.24. The van der Waals surface area contributed by atoms with Gasteiger partial charge in [0.2, 0.25) is 0 Å². The zero-order valence-electron chi connectivity index (χ0n) is 14.7. The molecule has 0 unspecified atom stereocenters. The molecular weight excluding hydrogens is 399 g/mol. The Balaban J connectivity index is 1.87. The molecule has 28 heavy (non-hydrogen) atoms. The van der Waals surface area contributed by atoms with Crippen molar-refractivity contribution < 1.29 is 4.39 Å². The van der Waals surface area contributed by atoms with Gasteiger partial charge >= 0.3 is 0 Å². The van der Waals surface area contributed by atoms with Crippen LogP contribution in [0.1, 0.15) is 0 Å². The predicted molar refractivity (Wildman–Crippen MR) is 112 cm³/mol. The van der Waals surface area contributed by atoms with E-state index in [1.54, 1.807) is 24.7 Å². The molecule has 8 heteroatoms. The summed E-state index contributed by atoms with van der Waals surface area (Å²) in [5, 5.41) is 5.13. The normalized spacial score (nSPS) is 11.0. The van der Waals surface area contributed by atoms with Crippen LogP contribution in [-0.4, -0.2) is 21.2 Å². The average molecular weight is 413 g/mol. The van der Waals surface area contributed by atoms with E-state index in [9.17, 15) is 9.18 Å². The first-order valence-corrected chi connectivity index (χ1v) is 9.89. The summed E-state index contributed by atoms with van der Waals surface area (Å²) < 4.78 is 14.3. The number of fused-ring (bicyclic) bond motifs is 1. The third kappa shape index (κ3) is 3.46. The van der Waals surface area contributed by atoms with E-state index < -0.39 is 11.4 Å². The van der Waals surface area contributed by atoms with Gasteiger partial charge in [-0.25, -0.2) is 4.39 Å². The van der Waals surface area contributed by atoms with Crippen LogP contribution in [0.3, 0.4) is 0 Å². The Labute approximate surface area is 169 Å². The number of benzene rings is 1. The van der Waals surface area contributed by atoms with Gasteiger partial charge in [0, 0.05) is 34.6 Å². The molecule has 0 atom stereocenters. The molecule has 3 heterocycles. The number of nitrogens with zero attached hydrogens (tertiary/aromatic N) is 2. The second kappa shape index (κ2) is 7.61. The molecule has 0 spiro atoms. The second-order valence-corrected chi connectivity index (χ2v) is 7.21. The lowest BCUT2D eigenvalue weighted by atomic mass is 10.1. The molecule has 0 saturated carbocycles. The predicted octanol–water partition coefficient (Wildman–Crippen LogP) is 5.24. The maximum absolute atomic E-state index is 14.3. The van der Waals surface area contributed by atoms with E-state index >= 15 is 0 Å². The number of thioether (sulfide) groups is 1. The summed E-state index contributed by atoms with van der Waals surface area (Å²) in [6, 6.07) is 9.39. The van der Waals surface area contributed by atoms with Crippen LogP contribution in [0, 0.1) is 5.82 Å². The van der Waals surface area contributed by atoms with Crippen LogP contribution in [-0.2, 0) is 0 Å². The summed E-state index contributed by atoms with van der Waals surface area (Å²) in [6.07, 6.45) is 6.92. The van der Waals surface area contributed by atoms with Crippen molar-refractivity contribution in [1.82, 2.24) is 15.0 Å². The van der Waals surface area contributed by atoms with Crippen molar-refractivity contribution in [2.45, 2.75) is 5.03 Å². The molecule has 0 bridgehead atoms. The number of pyridine rings is 3. The lowest BCUT2D eigenvalue weighted by Gasteiger charge is -2.14. The maximum Gasteiger partial charge on any atom is 0.256 e. The molecule has 4 rings (SSSR count). The molecule has 0 fully saturated rings. The van der Waals surface area contributed by atoms with Crippen LogP contribution in [0.25, 0.3) is 22.0 Å². The standard InChI is InChI=1S/C20H14ClFN4OS/c1-28-20-18(25-17-5-7-24-16-4-6-23-10-14(16)17)9-13(19(27)26-20)12-8-11(21)2-3-15(12)22/h2-10H,1H3,(H,24,25)(H,26,27). The van der Waals surface area contributed by atoms with E-state index in [1.165, 1.54) is 30.0 Å². The van der Waals surface area contributed by atoms with Crippen molar-refractivity contribution in [3.8, 4) is 11.1 Å². The number of anilines is 2. The fourth-order valence-electron chi connectivity index (χ4n) is 2.91. The Hall–Kier alpha value is -2.90. The molecule has 0 radical (unpaired) electrons. The number of hydrogen-bond acceptors (Lipinski definition) is 5. The monoisotopic (exact) mass is 412 g/mol. The van der Waals surface area contributed by atoms with Gasteiger partial charge in [-0.1, -0.05) is 11.6 Å². The summed E-state index contributed by atoms with van der Waals surface area (Å²) in [5.41, 5.74) is 2.15. The van der Waals surface area contributed by atoms with Crippen LogP contribution in [0.5, 0.6) is 0 Å². The minimum atomic E-state index is -0.517. The zero-order chi connectivity index (χ0) is 19.7. The number of aromatic amines is 1. The average Bonchev–Trinajstić information content (AvgIpc) is 2.71. The summed E-state index contributed by atoms with van der Waals surface area (Å²) in [5.74, 6) is -0.517. The maximum atomic E-state index is 14.3. The minimum absolute atomic E-state index is 0.144. The van der Waals surface area contributed by atoms with E-state index in [1.807, 2.05) is 18.4 Å². The van der Waals surface area contributed by atoms with Gasteiger partial charge in [0.1, 0.15) is 5.82 Å². The van der Waals surface area contributed by atoms with Crippen LogP contribution in [0.2, 0.25) is 5.02 Å². The number of H-pyrrole nitrogens is 1. The Morgan fingerprint density at radius 3 is 2.79 bits per heavy atom. The zero-order valence-corrected chi connectivity index (χ0v) is 16.2. The largest absolute Gasteiger partial charge is 0.353 e. The van der Waals surface area contributed by atoms with Crippen molar-refractivity contribution in [2.75, 3.05) is 11.6 Å². The fraction of sp³-hybridized carbons (Fsp3) is 0.0500. The van der Waals surface area contributed by atoms with Crippen molar-refractivity contribution in [2.24, 2.45) is 0 Å². The highest BCUT2D eigenvalue weighted by atomic mass is 35.5. The number of halogens is 2. The van der Waals surface area contributed by atoms with Gasteiger partial charge in [-0.3, -0.25) is 14.8 Å². The first-order valence-electron chi connectivity index (χ1n) is 8.29. The van der Waals surface area contributed by atoms with E-state index in [2.05, 4.69) is 20.3 Å². The lowest BCUT2D eigenvalue weighted by Crippen LogP contribution is -2.12. The highest BCUT2D eigenvalue weighted by Gasteiger charge is 2.15. The quantitative estimate of drug-likeness (QED) is 0.448. The van der Waals surface area contributed by atoms with Crippen LogP contribution >= 0.6 is 23.4 Å². The molecule has 1 aromatic carbocycles. The van der Waals surface area contributed by atoms with E-state index in [4.69, 9.17) is 11.6 Å². The van der Waals surface area contributed by atoms with Gasteiger partial charge in [-0.2, -0.15) is 0 Å². The highest BCUT2D eigenvalue weighted by molar-refractivity contribution is 7.98. The van der Waals surface area contributed by atoms with Gasteiger partial charge in [-0.05, 0) is 42.7 Å². The molecule has 140 valence electrons. The molecule has 0 amide bonds. The number of nitrogens with one attached hydrogen (secondary N) is 2. The summed E-state index contributed by atoms with van der Waals surface area (Å²) in [6.45, 7) is 0. The first-order chi connectivity index (χ1) is 13.6. The van der Waals surface area contributed by atoms with Crippen LogP contribution in [0.4, 0.5) is 15.8 Å². The van der Waals surface area contributed by atoms with Crippen molar-refractivity contribution in [3.63, 3.8) is 0 Å². The molecule has 0 aliphatic rings. The van der Waals surface area contributed by atoms with E-state index in [0.29, 0.717) is 15.7 Å². The molecular formula is C20H14ClFN4OS. The lowest BCUT2D eigenvalue weighted by molar-refractivity contribution is 0.631. The van der Waals surface area contributed by atoms with Gasteiger partial charge in [-0.15, -0.1) is 11.8 Å². The first kappa shape index (κ1) is 18.5. The Morgan fingerprint density at radius 1 is 1.11 bits per heavy atom. The van der Waals surface area contributed by atoms with Gasteiger partial charge in [0.25, 0.3) is 5.56 Å². The second-order valence-electron chi connectivity index (χ2n) is 5.96. The molecule has 5 nitrogen and oxygen atoms in total. The Kier molecular flexibility index (Phi) is 5.02. The highest BCUT2D eigenvalue weighted by Crippen LogP contribution is 2.32. The molecule has 4 aromatic rings. The van der Waals surface area contributed by atoms with Crippen LogP contribution < -0.4 is 10.9 Å². The van der Waals surface area contributed by atoms with E-state index in [-0.39, 0.29) is 11.1 Å². The van der Waals surface area contributed by atoms with Gasteiger partial charge in [0.15, 0.2) is 0 Å². The van der Waals surface area contributed by atoms with E-state index in [0.717, 1.165) is 16.6 Å². The minimum Gasteiger partial charge on any atom is -0.353 e. The number of aromatic nitrogens is 3. The number of rotatable bonds is 4. The third-order valence-corrected chi connectivity index (χ3v) is 5.21. The molecule has 0 saturated heterocycles. The SMILES string of the molecule is CSc1[nH]c(=O)c(-c2cc(Cl)ccc2F)cc1Nc1ccnc2ccncc12. The van der Waals surface area contributed by atoms with Crippen molar-refractivity contribution in [3.05, 3.63) is 76.2 Å².